The Labute approximate surface area is 168 Å². The van der Waals surface area contributed by atoms with Crippen LogP contribution in [0.5, 0.6) is 0 Å². The number of primary amides is 2. The van der Waals surface area contributed by atoms with Crippen molar-refractivity contribution in [1.29, 1.82) is 0 Å². The molecule has 2 amide bonds. The van der Waals surface area contributed by atoms with Crippen LogP contribution in [-0.2, 0) is 4.79 Å². The Morgan fingerprint density at radius 2 is 1.86 bits per heavy atom. The van der Waals surface area contributed by atoms with E-state index in [9.17, 15) is 9.59 Å². The van der Waals surface area contributed by atoms with Crippen LogP contribution in [-0.4, -0.2) is 40.9 Å². The fourth-order valence-electron chi connectivity index (χ4n) is 3.48. The highest BCUT2D eigenvalue weighted by molar-refractivity contribution is 5.97. The predicted molar refractivity (Wildman–Crippen MR) is 111 cm³/mol. The van der Waals surface area contributed by atoms with Gasteiger partial charge < -0.3 is 27.0 Å². The molecule has 1 saturated heterocycles. The van der Waals surface area contributed by atoms with Gasteiger partial charge in [-0.1, -0.05) is 0 Å². The fourth-order valence-corrected chi connectivity index (χ4v) is 3.48. The lowest BCUT2D eigenvalue weighted by atomic mass is 9.97. The second kappa shape index (κ2) is 7.94. The van der Waals surface area contributed by atoms with Gasteiger partial charge in [0.2, 0.25) is 11.9 Å². The van der Waals surface area contributed by atoms with E-state index in [0.717, 1.165) is 43.6 Å². The maximum atomic E-state index is 11.6. The van der Waals surface area contributed by atoms with E-state index in [1.54, 1.807) is 0 Å². The Kier molecular flexibility index (Phi) is 5.20. The highest BCUT2D eigenvalue weighted by atomic mass is 16.1. The molecule has 29 heavy (non-hydrogen) atoms. The molecule has 1 aliphatic heterocycles. The topological polar surface area (TPSA) is 139 Å². The molecule has 0 radical (unpaired) electrons. The summed E-state index contributed by atoms with van der Waals surface area (Å²) in [7, 11) is 0. The molecular formula is C20H25N7O2. The Morgan fingerprint density at radius 3 is 2.52 bits per heavy atom. The first-order valence-corrected chi connectivity index (χ1v) is 9.84. The van der Waals surface area contributed by atoms with Crippen molar-refractivity contribution in [2.24, 2.45) is 17.4 Å². The molecule has 1 aromatic carbocycles. The van der Waals surface area contributed by atoms with E-state index in [1.807, 2.05) is 24.3 Å². The monoisotopic (exact) mass is 395 g/mol. The highest BCUT2D eigenvalue weighted by Crippen LogP contribution is 2.27. The first-order chi connectivity index (χ1) is 14.0. The minimum absolute atomic E-state index is 0.101. The summed E-state index contributed by atoms with van der Waals surface area (Å²) in [6, 6.07) is 8.19. The second-order valence-corrected chi connectivity index (χ2v) is 7.60. The maximum Gasteiger partial charge on any atom is 0.254 e. The lowest BCUT2D eigenvalue weighted by Gasteiger charge is -2.33. The van der Waals surface area contributed by atoms with Gasteiger partial charge in [-0.3, -0.25) is 9.59 Å². The van der Waals surface area contributed by atoms with E-state index in [-0.39, 0.29) is 17.4 Å². The summed E-state index contributed by atoms with van der Waals surface area (Å²) in [6.45, 7) is 1.56. The molecule has 152 valence electrons. The molecule has 9 nitrogen and oxygen atoms in total. The van der Waals surface area contributed by atoms with Crippen molar-refractivity contribution < 1.29 is 9.59 Å². The van der Waals surface area contributed by atoms with E-state index in [0.29, 0.717) is 24.4 Å². The summed E-state index contributed by atoms with van der Waals surface area (Å²) >= 11 is 0. The summed E-state index contributed by atoms with van der Waals surface area (Å²) in [6.07, 6.45) is 5.35. The number of benzene rings is 1. The Hall–Kier alpha value is -3.36. The van der Waals surface area contributed by atoms with Gasteiger partial charge in [0.25, 0.3) is 5.91 Å². The molecule has 0 unspecified atom stereocenters. The van der Waals surface area contributed by atoms with Gasteiger partial charge in [-0.05, 0) is 49.9 Å². The standard InChI is InChI=1S/C20H25N7O2/c21-17(28)12-2-1-9-27(11-12)15-7-5-14(6-8-15)25-20-23-10-16(18(22)29)19(26-20)24-13-3-4-13/h5-8,10,12-13H,1-4,9,11H2,(H2,21,28)(H2,22,29)(H2,23,24,25,26)/t12-/m0/s1. The lowest BCUT2D eigenvalue weighted by Crippen LogP contribution is -2.41. The first kappa shape index (κ1) is 19.0. The molecule has 4 rings (SSSR count). The zero-order chi connectivity index (χ0) is 20.4. The second-order valence-electron chi connectivity index (χ2n) is 7.60. The molecule has 9 heteroatoms. The first-order valence-electron chi connectivity index (χ1n) is 9.84. The SMILES string of the molecule is NC(=O)c1cnc(Nc2ccc(N3CCC[C@H](C(N)=O)C3)cc2)nc1NC1CC1. The Morgan fingerprint density at radius 1 is 1.10 bits per heavy atom. The lowest BCUT2D eigenvalue weighted by molar-refractivity contribution is -0.122. The zero-order valence-electron chi connectivity index (χ0n) is 16.1. The van der Waals surface area contributed by atoms with Gasteiger partial charge in [-0.25, -0.2) is 4.98 Å². The van der Waals surface area contributed by atoms with Gasteiger partial charge in [-0.2, -0.15) is 4.98 Å². The third-order valence-electron chi connectivity index (χ3n) is 5.28. The quantitative estimate of drug-likeness (QED) is 0.558. The largest absolute Gasteiger partial charge is 0.371 e. The third-order valence-corrected chi connectivity index (χ3v) is 5.28. The van der Waals surface area contributed by atoms with E-state index in [1.165, 1.54) is 6.20 Å². The van der Waals surface area contributed by atoms with Crippen molar-refractivity contribution in [1.82, 2.24) is 9.97 Å². The molecule has 1 atom stereocenters. The molecule has 1 aliphatic carbocycles. The molecular weight excluding hydrogens is 370 g/mol. The van der Waals surface area contributed by atoms with Crippen LogP contribution >= 0.6 is 0 Å². The van der Waals surface area contributed by atoms with E-state index >= 15 is 0 Å². The highest BCUT2D eigenvalue weighted by Gasteiger charge is 2.25. The van der Waals surface area contributed by atoms with Crippen LogP contribution in [0, 0.1) is 5.92 Å². The number of hydrogen-bond donors (Lipinski definition) is 4. The van der Waals surface area contributed by atoms with Crippen LogP contribution in [0.25, 0.3) is 0 Å². The van der Waals surface area contributed by atoms with Gasteiger partial charge in [0, 0.05) is 36.7 Å². The zero-order valence-corrected chi connectivity index (χ0v) is 16.1. The summed E-state index contributed by atoms with van der Waals surface area (Å²) in [5.41, 5.74) is 13.0. The Bertz CT molecular complexity index is 912. The van der Waals surface area contributed by atoms with Crippen molar-refractivity contribution >= 4 is 35.0 Å². The fraction of sp³-hybridized carbons (Fsp3) is 0.400. The summed E-state index contributed by atoms with van der Waals surface area (Å²) in [4.78, 5) is 33.9. The number of nitrogens with two attached hydrogens (primary N) is 2. The number of rotatable bonds is 7. The minimum Gasteiger partial charge on any atom is -0.371 e. The summed E-state index contributed by atoms with van der Waals surface area (Å²) < 4.78 is 0. The van der Waals surface area contributed by atoms with Crippen LogP contribution in [0.4, 0.5) is 23.1 Å². The average Bonchev–Trinajstić information content (AvgIpc) is 3.53. The van der Waals surface area contributed by atoms with Crippen LogP contribution < -0.4 is 27.0 Å². The average molecular weight is 395 g/mol. The summed E-state index contributed by atoms with van der Waals surface area (Å²) in [5.74, 6) is -0.0475. The van der Waals surface area contributed by atoms with Crippen LogP contribution in [0.1, 0.15) is 36.0 Å². The van der Waals surface area contributed by atoms with Gasteiger partial charge in [0.1, 0.15) is 5.82 Å². The number of hydrogen-bond acceptors (Lipinski definition) is 7. The Balaban J connectivity index is 1.46. The number of nitrogens with one attached hydrogen (secondary N) is 2. The van der Waals surface area contributed by atoms with Crippen molar-refractivity contribution in [3.8, 4) is 0 Å². The maximum absolute atomic E-state index is 11.6. The minimum atomic E-state index is -0.556. The molecule has 0 spiro atoms. The summed E-state index contributed by atoms with van der Waals surface area (Å²) in [5, 5.41) is 6.38. The van der Waals surface area contributed by atoms with Crippen molar-refractivity contribution in [2.45, 2.75) is 31.7 Å². The molecule has 6 N–H and O–H groups in total. The molecule has 1 aromatic heterocycles. The van der Waals surface area contributed by atoms with Gasteiger partial charge >= 0.3 is 0 Å². The van der Waals surface area contributed by atoms with E-state index in [2.05, 4.69) is 25.5 Å². The van der Waals surface area contributed by atoms with Crippen molar-refractivity contribution in [3.05, 3.63) is 36.0 Å². The smallest absolute Gasteiger partial charge is 0.254 e. The number of anilines is 4. The molecule has 1 saturated carbocycles. The number of carbonyl (C=O) groups excluding carboxylic acids is 2. The van der Waals surface area contributed by atoms with Crippen LogP contribution in [0.3, 0.4) is 0 Å². The van der Waals surface area contributed by atoms with Gasteiger partial charge in [0.05, 0.1) is 11.5 Å². The molecule has 2 aromatic rings. The third kappa shape index (κ3) is 4.56. The van der Waals surface area contributed by atoms with Crippen molar-refractivity contribution in [3.63, 3.8) is 0 Å². The number of carbonyl (C=O) groups is 2. The van der Waals surface area contributed by atoms with E-state index < -0.39 is 5.91 Å². The van der Waals surface area contributed by atoms with E-state index in [4.69, 9.17) is 11.5 Å². The van der Waals surface area contributed by atoms with Crippen LogP contribution in [0.2, 0.25) is 0 Å². The number of aromatic nitrogens is 2. The predicted octanol–water partition coefficient (Wildman–Crippen LogP) is 1.60. The van der Waals surface area contributed by atoms with Crippen molar-refractivity contribution in [2.75, 3.05) is 28.6 Å². The van der Waals surface area contributed by atoms with Gasteiger partial charge in [0.15, 0.2) is 0 Å². The number of nitrogens with zero attached hydrogens (tertiary/aromatic N) is 3. The number of amides is 2. The van der Waals surface area contributed by atoms with Crippen LogP contribution in [0.15, 0.2) is 30.5 Å². The molecule has 2 aliphatic rings. The number of piperidine rings is 1. The molecule has 0 bridgehead atoms. The molecule has 2 heterocycles. The van der Waals surface area contributed by atoms with Gasteiger partial charge in [-0.15, -0.1) is 0 Å². The molecule has 2 fully saturated rings. The normalized spacial score (nSPS) is 18.9.